The van der Waals surface area contributed by atoms with E-state index >= 15 is 0 Å². The highest BCUT2D eigenvalue weighted by atomic mass is 16.5. The lowest BCUT2D eigenvalue weighted by Crippen LogP contribution is -2.06. The molecule has 0 atom stereocenters. The Morgan fingerprint density at radius 3 is 2.86 bits per heavy atom. The van der Waals surface area contributed by atoms with Crippen LogP contribution in [0.2, 0.25) is 0 Å². The molecule has 0 amide bonds. The maximum Gasteiger partial charge on any atom is 0.142 e. The molecular formula is C11H18N2O. The molecule has 2 N–H and O–H groups in total. The summed E-state index contributed by atoms with van der Waals surface area (Å²) in [7, 11) is 0. The highest BCUT2D eigenvalue weighted by molar-refractivity contribution is 5.28. The van der Waals surface area contributed by atoms with E-state index in [1.165, 1.54) is 0 Å². The fraction of sp³-hybridized carbons (Fsp3) is 0.545. The molecule has 0 saturated carbocycles. The van der Waals surface area contributed by atoms with Crippen LogP contribution in [0.1, 0.15) is 31.2 Å². The van der Waals surface area contributed by atoms with E-state index in [1.807, 2.05) is 19.1 Å². The lowest BCUT2D eigenvalue weighted by molar-refractivity contribution is 0.304. The molecule has 0 unspecified atom stereocenters. The molecule has 0 saturated heterocycles. The molecule has 0 fully saturated rings. The monoisotopic (exact) mass is 194 g/mol. The minimum absolute atomic E-state index is 0.434. The van der Waals surface area contributed by atoms with Crippen LogP contribution in [0, 0.1) is 6.92 Å². The van der Waals surface area contributed by atoms with Crippen molar-refractivity contribution in [2.24, 2.45) is 5.73 Å². The zero-order valence-corrected chi connectivity index (χ0v) is 8.92. The summed E-state index contributed by atoms with van der Waals surface area (Å²) < 4.78 is 5.58. The zero-order chi connectivity index (χ0) is 10.4. The summed E-state index contributed by atoms with van der Waals surface area (Å²) in [6.45, 7) is 5.27. The van der Waals surface area contributed by atoms with Crippen molar-refractivity contribution in [3.05, 3.63) is 23.5 Å². The van der Waals surface area contributed by atoms with E-state index in [9.17, 15) is 0 Å². The van der Waals surface area contributed by atoms with E-state index in [0.717, 1.165) is 36.6 Å². The van der Waals surface area contributed by atoms with Crippen molar-refractivity contribution in [1.82, 2.24) is 4.98 Å². The second-order valence-corrected chi connectivity index (χ2v) is 3.30. The van der Waals surface area contributed by atoms with Crippen molar-refractivity contribution in [3.8, 4) is 5.75 Å². The lowest BCUT2D eigenvalue weighted by atomic mass is 10.3. The van der Waals surface area contributed by atoms with Crippen LogP contribution < -0.4 is 10.5 Å². The highest BCUT2D eigenvalue weighted by Gasteiger charge is 2.03. The number of hydrogen-bond donors (Lipinski definition) is 1. The normalized spacial score (nSPS) is 10.2. The molecule has 1 aromatic rings. The van der Waals surface area contributed by atoms with Crippen LogP contribution in [0.3, 0.4) is 0 Å². The van der Waals surface area contributed by atoms with Crippen LogP contribution in [0.25, 0.3) is 0 Å². The molecule has 14 heavy (non-hydrogen) atoms. The van der Waals surface area contributed by atoms with Gasteiger partial charge >= 0.3 is 0 Å². The van der Waals surface area contributed by atoms with Crippen molar-refractivity contribution >= 4 is 0 Å². The molecule has 78 valence electrons. The van der Waals surface area contributed by atoms with Crippen molar-refractivity contribution in [3.63, 3.8) is 0 Å². The number of unbranched alkanes of at least 4 members (excludes halogenated alkanes) is 1. The number of aromatic nitrogens is 1. The molecule has 1 aromatic heterocycles. The van der Waals surface area contributed by atoms with Gasteiger partial charge in [0.15, 0.2) is 0 Å². The van der Waals surface area contributed by atoms with Gasteiger partial charge in [0, 0.05) is 12.2 Å². The molecule has 0 bridgehead atoms. The molecule has 1 heterocycles. The van der Waals surface area contributed by atoms with Crippen molar-refractivity contribution in [2.45, 2.75) is 33.2 Å². The van der Waals surface area contributed by atoms with Gasteiger partial charge in [-0.2, -0.15) is 0 Å². The predicted octanol–water partition coefficient (Wildman–Crippen LogP) is 2.03. The second kappa shape index (κ2) is 5.60. The van der Waals surface area contributed by atoms with Gasteiger partial charge in [-0.3, -0.25) is 4.98 Å². The van der Waals surface area contributed by atoms with E-state index in [-0.39, 0.29) is 0 Å². The fourth-order valence-electron chi connectivity index (χ4n) is 1.20. The Morgan fingerprint density at radius 1 is 1.43 bits per heavy atom. The SMILES string of the molecule is CCCCOc1ccc(C)nc1CN. The summed E-state index contributed by atoms with van der Waals surface area (Å²) in [5, 5.41) is 0. The Hall–Kier alpha value is -1.09. The van der Waals surface area contributed by atoms with E-state index in [4.69, 9.17) is 10.5 Å². The zero-order valence-electron chi connectivity index (χ0n) is 8.92. The number of pyridine rings is 1. The van der Waals surface area contributed by atoms with Gasteiger partial charge in [-0.25, -0.2) is 0 Å². The summed E-state index contributed by atoms with van der Waals surface area (Å²) in [6.07, 6.45) is 2.20. The average molecular weight is 194 g/mol. The molecule has 0 spiro atoms. The standard InChI is InChI=1S/C11H18N2O/c1-3-4-7-14-11-6-5-9(2)13-10(11)8-12/h5-6H,3-4,7-8,12H2,1-2H3. The summed E-state index contributed by atoms with van der Waals surface area (Å²) in [5.41, 5.74) is 7.41. The third kappa shape index (κ3) is 3.00. The first-order chi connectivity index (χ1) is 6.77. The average Bonchev–Trinajstić information content (AvgIpc) is 2.20. The van der Waals surface area contributed by atoms with Crippen molar-refractivity contribution in [2.75, 3.05) is 6.61 Å². The minimum Gasteiger partial charge on any atom is -0.492 e. The highest BCUT2D eigenvalue weighted by Crippen LogP contribution is 2.16. The Kier molecular flexibility index (Phi) is 4.40. The molecule has 0 aromatic carbocycles. The molecule has 3 nitrogen and oxygen atoms in total. The third-order valence-corrected chi connectivity index (χ3v) is 2.02. The molecule has 0 radical (unpaired) electrons. The third-order valence-electron chi connectivity index (χ3n) is 2.02. The summed E-state index contributed by atoms with van der Waals surface area (Å²) in [4.78, 5) is 4.32. The number of nitrogens with two attached hydrogens (primary N) is 1. The topological polar surface area (TPSA) is 48.1 Å². The number of aryl methyl sites for hydroxylation is 1. The first-order valence-electron chi connectivity index (χ1n) is 5.07. The molecular weight excluding hydrogens is 176 g/mol. The van der Waals surface area contributed by atoms with Crippen LogP contribution in [0.4, 0.5) is 0 Å². The van der Waals surface area contributed by atoms with Crippen LogP contribution in [0.15, 0.2) is 12.1 Å². The molecule has 0 aliphatic heterocycles. The van der Waals surface area contributed by atoms with Crippen LogP contribution >= 0.6 is 0 Å². The van der Waals surface area contributed by atoms with Crippen LogP contribution in [-0.2, 0) is 6.54 Å². The number of nitrogens with zero attached hydrogens (tertiary/aromatic N) is 1. The molecule has 1 rings (SSSR count). The van der Waals surface area contributed by atoms with E-state index < -0.39 is 0 Å². The van der Waals surface area contributed by atoms with Gasteiger partial charge in [0.25, 0.3) is 0 Å². The maximum atomic E-state index is 5.58. The largest absolute Gasteiger partial charge is 0.492 e. The first-order valence-corrected chi connectivity index (χ1v) is 5.07. The molecule has 0 aliphatic rings. The maximum absolute atomic E-state index is 5.58. The first kappa shape index (κ1) is 11.0. The second-order valence-electron chi connectivity index (χ2n) is 3.30. The van der Waals surface area contributed by atoms with Gasteiger partial charge in [0.2, 0.25) is 0 Å². The lowest BCUT2D eigenvalue weighted by Gasteiger charge is -2.09. The number of ether oxygens (including phenoxy) is 1. The predicted molar refractivity (Wildman–Crippen MR) is 57.3 cm³/mol. The summed E-state index contributed by atoms with van der Waals surface area (Å²) in [5.74, 6) is 0.826. The van der Waals surface area contributed by atoms with Gasteiger partial charge in [0.05, 0.1) is 12.3 Å². The van der Waals surface area contributed by atoms with Gasteiger partial charge in [-0.05, 0) is 25.5 Å². The van der Waals surface area contributed by atoms with Gasteiger partial charge in [-0.1, -0.05) is 13.3 Å². The van der Waals surface area contributed by atoms with E-state index in [2.05, 4.69) is 11.9 Å². The quantitative estimate of drug-likeness (QED) is 0.729. The van der Waals surface area contributed by atoms with Crippen molar-refractivity contribution < 1.29 is 4.74 Å². The van der Waals surface area contributed by atoms with Gasteiger partial charge in [-0.15, -0.1) is 0 Å². The van der Waals surface area contributed by atoms with E-state index in [1.54, 1.807) is 0 Å². The number of rotatable bonds is 5. The summed E-state index contributed by atoms with van der Waals surface area (Å²) in [6, 6.07) is 3.89. The van der Waals surface area contributed by atoms with Gasteiger partial charge in [0.1, 0.15) is 5.75 Å². The minimum atomic E-state index is 0.434. The van der Waals surface area contributed by atoms with E-state index in [0.29, 0.717) is 6.54 Å². The van der Waals surface area contributed by atoms with Crippen LogP contribution in [0.5, 0.6) is 5.75 Å². The molecule has 0 aliphatic carbocycles. The smallest absolute Gasteiger partial charge is 0.142 e. The van der Waals surface area contributed by atoms with Crippen molar-refractivity contribution in [1.29, 1.82) is 0 Å². The Bertz CT molecular complexity index is 287. The Balaban J connectivity index is 2.65. The summed E-state index contributed by atoms with van der Waals surface area (Å²) >= 11 is 0. The van der Waals surface area contributed by atoms with Gasteiger partial charge < -0.3 is 10.5 Å². The Labute approximate surface area is 85.3 Å². The Morgan fingerprint density at radius 2 is 2.21 bits per heavy atom. The fourth-order valence-corrected chi connectivity index (χ4v) is 1.20. The molecule has 3 heteroatoms. The van der Waals surface area contributed by atoms with Crippen LogP contribution in [-0.4, -0.2) is 11.6 Å². The number of hydrogen-bond acceptors (Lipinski definition) is 3.